The molecular weight excluding hydrogens is 342 g/mol. The fourth-order valence-electron chi connectivity index (χ4n) is 2.33. The van der Waals surface area contributed by atoms with E-state index in [0.29, 0.717) is 11.1 Å². The normalized spacial score (nSPS) is 18.0. The molecule has 1 aliphatic rings. The number of aryl methyl sites for hydroxylation is 1. The molecular formula is C15H21Cl2FN4O. The first-order valence-electron chi connectivity index (χ1n) is 7.41. The summed E-state index contributed by atoms with van der Waals surface area (Å²) in [6.07, 6.45) is 0. The summed E-state index contributed by atoms with van der Waals surface area (Å²) < 4.78 is 13.7. The van der Waals surface area contributed by atoms with Gasteiger partial charge in [0.2, 0.25) is 0 Å². The maximum atomic E-state index is 13.7. The van der Waals surface area contributed by atoms with Crippen molar-refractivity contribution < 1.29 is 9.18 Å². The van der Waals surface area contributed by atoms with Crippen LogP contribution in [-0.2, 0) is 0 Å². The standard InChI is InChI=1S/C15H21Cl2FN4O/c1-10-3-4-11(9-12(10)18)13(14(16)17)19-15(23)20-22-7-5-21(2)6-8-22/h3-4,9,13-14H,5-8H2,1-2H3,(H2,19,20,23)/t13-/m1/s1. The Balaban J connectivity index is 1.98. The number of carbonyl (C=O) groups excluding carboxylic acids is 1. The number of rotatable bonds is 4. The quantitative estimate of drug-likeness (QED) is 0.808. The highest BCUT2D eigenvalue weighted by molar-refractivity contribution is 6.44. The second kappa shape index (κ2) is 8.15. The minimum absolute atomic E-state index is 0.359. The summed E-state index contributed by atoms with van der Waals surface area (Å²) >= 11 is 11.9. The number of halogens is 3. The number of piperazine rings is 1. The number of carbonyl (C=O) groups is 1. The number of nitrogens with zero attached hydrogens (tertiary/aromatic N) is 2. The minimum Gasteiger partial charge on any atom is -0.327 e. The lowest BCUT2D eigenvalue weighted by molar-refractivity contribution is 0.111. The molecule has 2 amide bonds. The molecule has 1 aromatic carbocycles. The number of hydrazine groups is 1. The third-order valence-electron chi connectivity index (χ3n) is 3.86. The Bertz CT molecular complexity index is 550. The molecule has 5 nitrogen and oxygen atoms in total. The maximum Gasteiger partial charge on any atom is 0.329 e. The van der Waals surface area contributed by atoms with Crippen LogP contribution >= 0.6 is 23.2 Å². The average molecular weight is 363 g/mol. The molecule has 0 aliphatic carbocycles. The molecule has 1 saturated heterocycles. The lowest BCUT2D eigenvalue weighted by atomic mass is 10.1. The van der Waals surface area contributed by atoms with E-state index in [0.717, 1.165) is 26.2 Å². The lowest BCUT2D eigenvalue weighted by Gasteiger charge is -2.33. The Morgan fingerprint density at radius 3 is 2.48 bits per heavy atom. The van der Waals surface area contributed by atoms with Crippen LogP contribution in [0.15, 0.2) is 18.2 Å². The summed E-state index contributed by atoms with van der Waals surface area (Å²) in [6.45, 7) is 4.89. The molecule has 0 bridgehead atoms. The monoisotopic (exact) mass is 362 g/mol. The Kier molecular flexibility index (Phi) is 6.47. The molecule has 0 unspecified atom stereocenters. The van der Waals surface area contributed by atoms with Crippen LogP contribution in [0.2, 0.25) is 0 Å². The van der Waals surface area contributed by atoms with E-state index in [4.69, 9.17) is 23.2 Å². The molecule has 23 heavy (non-hydrogen) atoms. The van der Waals surface area contributed by atoms with Crippen molar-refractivity contribution in [2.24, 2.45) is 0 Å². The Labute approximate surface area is 145 Å². The van der Waals surface area contributed by atoms with E-state index in [1.165, 1.54) is 6.07 Å². The Hall–Kier alpha value is -1.08. The zero-order chi connectivity index (χ0) is 17.0. The molecule has 1 aromatic rings. The van der Waals surface area contributed by atoms with Gasteiger partial charge < -0.3 is 10.2 Å². The van der Waals surface area contributed by atoms with Crippen molar-refractivity contribution in [3.63, 3.8) is 0 Å². The second-order valence-corrected chi connectivity index (χ2v) is 6.86. The summed E-state index contributed by atoms with van der Waals surface area (Å²) in [5.41, 5.74) is 3.81. The summed E-state index contributed by atoms with van der Waals surface area (Å²) in [5, 5.41) is 4.53. The zero-order valence-electron chi connectivity index (χ0n) is 13.2. The highest BCUT2D eigenvalue weighted by Crippen LogP contribution is 2.25. The van der Waals surface area contributed by atoms with E-state index >= 15 is 0 Å². The van der Waals surface area contributed by atoms with E-state index in [1.54, 1.807) is 19.1 Å². The van der Waals surface area contributed by atoms with Gasteiger partial charge in [0.25, 0.3) is 0 Å². The van der Waals surface area contributed by atoms with Gasteiger partial charge in [0.05, 0.1) is 6.04 Å². The fourth-order valence-corrected chi connectivity index (χ4v) is 2.75. The predicted octanol–water partition coefficient (Wildman–Crippen LogP) is 2.44. The molecule has 1 atom stereocenters. The Morgan fingerprint density at radius 2 is 1.91 bits per heavy atom. The van der Waals surface area contributed by atoms with Crippen LogP contribution in [-0.4, -0.2) is 54.0 Å². The van der Waals surface area contributed by atoms with Crippen LogP contribution in [0.5, 0.6) is 0 Å². The van der Waals surface area contributed by atoms with Gasteiger partial charge in [-0.1, -0.05) is 12.1 Å². The zero-order valence-corrected chi connectivity index (χ0v) is 14.7. The third-order valence-corrected chi connectivity index (χ3v) is 4.36. The van der Waals surface area contributed by atoms with Gasteiger partial charge in [0.1, 0.15) is 10.7 Å². The number of hydrogen-bond donors (Lipinski definition) is 2. The molecule has 0 spiro atoms. The molecule has 1 fully saturated rings. The molecule has 0 saturated carbocycles. The van der Waals surface area contributed by atoms with Crippen LogP contribution in [0, 0.1) is 12.7 Å². The van der Waals surface area contributed by atoms with Crippen molar-refractivity contribution in [1.29, 1.82) is 0 Å². The number of benzene rings is 1. The molecule has 1 heterocycles. The summed E-state index contributed by atoms with van der Waals surface area (Å²) in [6, 6.07) is 3.58. The van der Waals surface area contributed by atoms with Crippen LogP contribution in [0.1, 0.15) is 17.2 Å². The van der Waals surface area contributed by atoms with Gasteiger partial charge in [0.15, 0.2) is 0 Å². The molecule has 8 heteroatoms. The summed E-state index contributed by atoms with van der Waals surface area (Å²) in [7, 11) is 2.03. The minimum atomic E-state index is -0.893. The summed E-state index contributed by atoms with van der Waals surface area (Å²) in [4.78, 5) is 13.4. The van der Waals surface area contributed by atoms with E-state index in [2.05, 4.69) is 15.6 Å². The summed E-state index contributed by atoms with van der Waals surface area (Å²) in [5.74, 6) is -0.359. The first kappa shape index (κ1) is 18.3. The van der Waals surface area contributed by atoms with Gasteiger partial charge in [-0.05, 0) is 31.2 Å². The molecule has 2 rings (SSSR count). The van der Waals surface area contributed by atoms with Crippen molar-refractivity contribution in [1.82, 2.24) is 20.7 Å². The van der Waals surface area contributed by atoms with E-state index < -0.39 is 16.9 Å². The van der Waals surface area contributed by atoms with Crippen molar-refractivity contribution in [3.05, 3.63) is 35.1 Å². The molecule has 128 valence electrons. The number of urea groups is 1. The Morgan fingerprint density at radius 1 is 1.26 bits per heavy atom. The van der Waals surface area contributed by atoms with Crippen molar-refractivity contribution in [2.75, 3.05) is 33.2 Å². The van der Waals surface area contributed by atoms with Gasteiger partial charge in [0, 0.05) is 26.2 Å². The highest BCUT2D eigenvalue weighted by atomic mass is 35.5. The van der Waals surface area contributed by atoms with E-state index in [9.17, 15) is 9.18 Å². The molecule has 0 radical (unpaired) electrons. The van der Waals surface area contributed by atoms with Crippen LogP contribution in [0.3, 0.4) is 0 Å². The number of alkyl halides is 2. The third kappa shape index (κ3) is 5.21. The fraction of sp³-hybridized carbons (Fsp3) is 0.533. The smallest absolute Gasteiger partial charge is 0.327 e. The van der Waals surface area contributed by atoms with E-state index in [-0.39, 0.29) is 5.82 Å². The van der Waals surface area contributed by atoms with Gasteiger partial charge >= 0.3 is 6.03 Å². The molecule has 0 aromatic heterocycles. The van der Waals surface area contributed by atoms with Crippen LogP contribution in [0.4, 0.5) is 9.18 Å². The van der Waals surface area contributed by atoms with Gasteiger partial charge in [-0.15, -0.1) is 23.2 Å². The van der Waals surface area contributed by atoms with Crippen molar-refractivity contribution in [3.8, 4) is 0 Å². The van der Waals surface area contributed by atoms with Crippen molar-refractivity contribution in [2.45, 2.75) is 17.8 Å². The molecule has 1 aliphatic heterocycles. The van der Waals surface area contributed by atoms with Gasteiger partial charge in [-0.2, -0.15) is 0 Å². The number of likely N-dealkylation sites (N-methyl/N-ethyl adjacent to an activating group) is 1. The van der Waals surface area contributed by atoms with Crippen molar-refractivity contribution >= 4 is 29.2 Å². The first-order valence-corrected chi connectivity index (χ1v) is 8.29. The van der Waals surface area contributed by atoms with Crippen LogP contribution < -0.4 is 10.7 Å². The van der Waals surface area contributed by atoms with Gasteiger partial charge in [-0.3, -0.25) is 5.43 Å². The van der Waals surface area contributed by atoms with Gasteiger partial charge in [-0.25, -0.2) is 14.2 Å². The number of amides is 2. The topological polar surface area (TPSA) is 47.6 Å². The SMILES string of the molecule is Cc1ccc([C@@H](NC(=O)NN2CCN(C)CC2)C(Cl)Cl)cc1F. The maximum absolute atomic E-state index is 13.7. The number of hydrogen-bond acceptors (Lipinski definition) is 3. The number of nitrogens with one attached hydrogen (secondary N) is 2. The average Bonchev–Trinajstić information content (AvgIpc) is 2.50. The second-order valence-electron chi connectivity index (χ2n) is 5.70. The lowest BCUT2D eigenvalue weighted by Crippen LogP contribution is -2.55. The van der Waals surface area contributed by atoms with E-state index in [1.807, 2.05) is 12.1 Å². The highest BCUT2D eigenvalue weighted by Gasteiger charge is 2.24. The molecule has 2 N–H and O–H groups in total. The first-order chi connectivity index (χ1) is 10.9. The van der Waals surface area contributed by atoms with Crippen LogP contribution in [0.25, 0.3) is 0 Å². The predicted molar refractivity (Wildman–Crippen MR) is 90.1 cm³/mol. The largest absolute Gasteiger partial charge is 0.329 e.